The number of hydrogen-bond donors (Lipinski definition) is 2. The van der Waals surface area contributed by atoms with Crippen LogP contribution in [0, 0.1) is 17.1 Å². The summed E-state index contributed by atoms with van der Waals surface area (Å²) >= 11 is 5.77. The monoisotopic (exact) mass is 489 g/mol. The largest absolute Gasteiger partial charge is 0.486 e. The number of halogens is 4. The Morgan fingerprint density at radius 2 is 2.00 bits per heavy atom. The molecule has 3 aromatic rings. The average molecular weight is 490 g/mol. The van der Waals surface area contributed by atoms with Crippen molar-refractivity contribution in [3.63, 3.8) is 0 Å². The molecule has 176 valence electrons. The van der Waals surface area contributed by atoms with Crippen LogP contribution in [0.2, 0.25) is 5.02 Å². The van der Waals surface area contributed by atoms with Gasteiger partial charge in [-0.1, -0.05) is 17.7 Å². The molecule has 0 aliphatic rings. The molecule has 0 aliphatic carbocycles. The molecule has 0 spiro atoms. The van der Waals surface area contributed by atoms with Crippen LogP contribution in [-0.4, -0.2) is 27.9 Å². The van der Waals surface area contributed by atoms with Crippen LogP contribution in [0.15, 0.2) is 60.0 Å². The van der Waals surface area contributed by atoms with Crippen LogP contribution in [0.1, 0.15) is 28.4 Å². The van der Waals surface area contributed by atoms with Gasteiger partial charge in [0.05, 0.1) is 23.4 Å². The molecule has 34 heavy (non-hydrogen) atoms. The number of hydrogen-bond acceptors (Lipinski definition) is 7. The Morgan fingerprint density at radius 1 is 1.21 bits per heavy atom. The molecule has 1 unspecified atom stereocenters. The maximum atomic E-state index is 15.5. The van der Waals surface area contributed by atoms with E-state index < -0.39 is 29.9 Å². The van der Waals surface area contributed by atoms with E-state index in [1.54, 1.807) is 12.1 Å². The first kappa shape index (κ1) is 24.8. The SMILES string of the molecule is N#Cc1ccc(COc2ccc(C(F)(F)C(CN(N)/C=N\N)c3ccc(Cl)cc3F)nc2)nc1. The number of hydrazine groups is 1. The first-order chi connectivity index (χ1) is 16.2. The second kappa shape index (κ2) is 10.8. The van der Waals surface area contributed by atoms with Crippen LogP contribution in [0.3, 0.4) is 0 Å². The van der Waals surface area contributed by atoms with Crippen molar-refractivity contribution >= 4 is 17.9 Å². The van der Waals surface area contributed by atoms with Crippen molar-refractivity contribution in [2.75, 3.05) is 6.54 Å². The van der Waals surface area contributed by atoms with Gasteiger partial charge in [-0.15, -0.1) is 0 Å². The Morgan fingerprint density at radius 3 is 2.59 bits per heavy atom. The first-order valence-electron chi connectivity index (χ1n) is 9.76. The van der Waals surface area contributed by atoms with Gasteiger partial charge in [-0.05, 0) is 42.0 Å². The van der Waals surface area contributed by atoms with E-state index in [4.69, 9.17) is 33.3 Å². The Balaban J connectivity index is 1.82. The van der Waals surface area contributed by atoms with Crippen molar-refractivity contribution in [3.05, 3.63) is 88.2 Å². The molecule has 2 aromatic heterocycles. The van der Waals surface area contributed by atoms with Gasteiger partial charge in [-0.2, -0.15) is 19.1 Å². The van der Waals surface area contributed by atoms with Gasteiger partial charge in [0.15, 0.2) is 0 Å². The number of pyridine rings is 2. The van der Waals surface area contributed by atoms with Crippen molar-refractivity contribution < 1.29 is 17.9 Å². The van der Waals surface area contributed by atoms with E-state index >= 15 is 8.78 Å². The van der Waals surface area contributed by atoms with E-state index in [0.717, 1.165) is 29.7 Å². The number of benzene rings is 1. The summed E-state index contributed by atoms with van der Waals surface area (Å²) in [6, 6.07) is 11.0. The Labute approximate surface area is 198 Å². The lowest BCUT2D eigenvalue weighted by Gasteiger charge is -2.29. The Kier molecular flexibility index (Phi) is 7.88. The predicted molar refractivity (Wildman–Crippen MR) is 119 cm³/mol. The molecule has 1 aromatic carbocycles. The van der Waals surface area contributed by atoms with E-state index in [1.807, 2.05) is 6.07 Å². The fraction of sp³-hybridized carbons (Fsp3) is 0.182. The van der Waals surface area contributed by atoms with Crippen LogP contribution >= 0.6 is 11.6 Å². The molecule has 0 saturated heterocycles. The van der Waals surface area contributed by atoms with Gasteiger partial charge in [0.1, 0.15) is 36.3 Å². The molecular weight excluding hydrogens is 471 g/mol. The van der Waals surface area contributed by atoms with Crippen LogP contribution in [0.4, 0.5) is 13.2 Å². The molecule has 0 radical (unpaired) electrons. The van der Waals surface area contributed by atoms with Gasteiger partial charge in [-0.3, -0.25) is 15.0 Å². The fourth-order valence-corrected chi connectivity index (χ4v) is 3.27. The second-order valence-corrected chi connectivity index (χ2v) is 7.56. The van der Waals surface area contributed by atoms with Crippen molar-refractivity contribution in [2.24, 2.45) is 16.8 Å². The summed E-state index contributed by atoms with van der Waals surface area (Å²) in [7, 11) is 0. The lowest BCUT2D eigenvalue weighted by atomic mass is 9.89. The molecule has 0 fully saturated rings. The number of alkyl halides is 2. The highest BCUT2D eigenvalue weighted by atomic mass is 35.5. The van der Waals surface area contributed by atoms with Crippen LogP contribution in [0.5, 0.6) is 5.75 Å². The lowest BCUT2D eigenvalue weighted by Crippen LogP contribution is -2.40. The van der Waals surface area contributed by atoms with Gasteiger partial charge < -0.3 is 10.6 Å². The van der Waals surface area contributed by atoms with Crippen molar-refractivity contribution in [2.45, 2.75) is 18.4 Å². The van der Waals surface area contributed by atoms with Crippen molar-refractivity contribution in [3.8, 4) is 11.8 Å². The molecule has 0 amide bonds. The highest BCUT2D eigenvalue weighted by molar-refractivity contribution is 6.30. The van der Waals surface area contributed by atoms with Gasteiger partial charge in [0.2, 0.25) is 0 Å². The summed E-state index contributed by atoms with van der Waals surface area (Å²) in [6.45, 7) is -0.473. The van der Waals surface area contributed by atoms with E-state index in [2.05, 4.69) is 15.1 Å². The Hall–Kier alpha value is -3.88. The standard InChI is InChI=1S/C22H19ClF3N7O/c23-15-2-5-18(20(24)7-15)19(11-33(29)13-32-28)22(25,26)21-6-4-17(10-31-21)34-12-16-3-1-14(8-27)9-30-16/h1-7,9-10,13,19H,11-12,28-29H2/b32-13-. The molecule has 0 saturated carbocycles. The summed E-state index contributed by atoms with van der Waals surface area (Å²) in [4.78, 5) is 7.90. The highest BCUT2D eigenvalue weighted by Gasteiger charge is 2.45. The topological polar surface area (TPSA) is 126 Å². The molecule has 8 nitrogen and oxygen atoms in total. The molecule has 12 heteroatoms. The van der Waals surface area contributed by atoms with Crippen LogP contribution in [0.25, 0.3) is 0 Å². The van der Waals surface area contributed by atoms with E-state index in [9.17, 15) is 4.39 Å². The number of nitrogens with two attached hydrogens (primary N) is 2. The van der Waals surface area contributed by atoms with Crippen LogP contribution < -0.4 is 16.4 Å². The van der Waals surface area contributed by atoms with Crippen molar-refractivity contribution in [1.29, 1.82) is 5.26 Å². The van der Waals surface area contributed by atoms with E-state index in [-0.39, 0.29) is 22.9 Å². The molecule has 3 rings (SSSR count). The molecule has 0 aliphatic heterocycles. The number of hydrazone groups is 1. The summed E-state index contributed by atoms with van der Waals surface area (Å²) in [6.07, 6.45) is 3.47. The summed E-state index contributed by atoms with van der Waals surface area (Å²) in [5.74, 6) is 4.64. The second-order valence-electron chi connectivity index (χ2n) is 7.12. The molecule has 2 heterocycles. The smallest absolute Gasteiger partial charge is 0.298 e. The van der Waals surface area contributed by atoms with Gasteiger partial charge in [0.25, 0.3) is 5.92 Å². The minimum absolute atomic E-state index is 0.0439. The number of ether oxygens (including phenoxy) is 1. The zero-order valence-corrected chi connectivity index (χ0v) is 18.3. The summed E-state index contributed by atoms with van der Waals surface area (Å²) in [5.41, 5.74) is 0.0202. The predicted octanol–water partition coefficient (Wildman–Crippen LogP) is 3.67. The molecule has 1 atom stereocenters. The Bertz CT molecular complexity index is 1180. The number of nitrogens with zero attached hydrogens (tertiary/aromatic N) is 5. The fourth-order valence-electron chi connectivity index (χ4n) is 3.11. The third-order valence-electron chi connectivity index (χ3n) is 4.80. The summed E-state index contributed by atoms with van der Waals surface area (Å²) < 4.78 is 51.2. The molecule has 4 N–H and O–H groups in total. The van der Waals surface area contributed by atoms with Gasteiger partial charge in [-0.25, -0.2) is 10.2 Å². The minimum atomic E-state index is -3.64. The van der Waals surface area contributed by atoms with Crippen molar-refractivity contribution in [1.82, 2.24) is 15.0 Å². The average Bonchev–Trinajstić information content (AvgIpc) is 2.82. The van der Waals surface area contributed by atoms with Gasteiger partial charge in [0, 0.05) is 17.8 Å². The summed E-state index contributed by atoms with van der Waals surface area (Å²) in [5, 5.41) is 12.9. The number of nitriles is 1. The third-order valence-corrected chi connectivity index (χ3v) is 5.04. The number of rotatable bonds is 9. The molecular formula is C22H19ClF3N7O. The quantitative estimate of drug-likeness (QED) is 0.203. The van der Waals surface area contributed by atoms with Crippen LogP contribution in [-0.2, 0) is 12.5 Å². The highest BCUT2D eigenvalue weighted by Crippen LogP contribution is 2.43. The normalized spacial score (nSPS) is 12.4. The van der Waals surface area contributed by atoms with E-state index in [1.165, 1.54) is 24.4 Å². The van der Waals surface area contributed by atoms with E-state index in [0.29, 0.717) is 11.3 Å². The third kappa shape index (κ3) is 5.92. The zero-order chi connectivity index (χ0) is 24.7. The zero-order valence-electron chi connectivity index (χ0n) is 17.6. The minimum Gasteiger partial charge on any atom is -0.486 e. The van der Waals surface area contributed by atoms with Gasteiger partial charge >= 0.3 is 0 Å². The lowest BCUT2D eigenvalue weighted by molar-refractivity contribution is -0.0443. The molecule has 0 bridgehead atoms. The maximum absolute atomic E-state index is 15.5. The maximum Gasteiger partial charge on any atom is 0.298 e. The number of aromatic nitrogens is 2. The first-order valence-corrected chi connectivity index (χ1v) is 10.1.